The Bertz CT molecular complexity index is 512. The lowest BCUT2D eigenvalue weighted by Gasteiger charge is -2.04. The summed E-state index contributed by atoms with van der Waals surface area (Å²) in [4.78, 5) is 22.7. The molecule has 2 rings (SSSR count). The monoisotopic (exact) mass is 243 g/mol. The van der Waals surface area contributed by atoms with Gasteiger partial charge in [0.1, 0.15) is 24.2 Å². The molecule has 0 N–H and O–H groups in total. The summed E-state index contributed by atoms with van der Waals surface area (Å²) in [6, 6.07) is 7.57. The number of rotatable bonds is 5. The summed E-state index contributed by atoms with van der Waals surface area (Å²) in [7, 11) is 0. The maximum Gasteiger partial charge on any atom is 0.324 e. The van der Waals surface area contributed by atoms with Crippen molar-refractivity contribution in [2.75, 3.05) is 0 Å². The van der Waals surface area contributed by atoms with Crippen molar-refractivity contribution in [2.45, 2.75) is 19.8 Å². The Morgan fingerprint density at radius 3 is 2.44 bits per heavy atom. The highest BCUT2D eigenvalue weighted by atomic mass is 16.5. The quantitative estimate of drug-likeness (QED) is 0.805. The Morgan fingerprint density at radius 1 is 1.17 bits per heavy atom. The molecule has 1 aromatic heterocycles. The van der Waals surface area contributed by atoms with Gasteiger partial charge in [-0.2, -0.15) is 9.97 Å². The number of ether oxygens (including phenoxy) is 1. The summed E-state index contributed by atoms with van der Waals surface area (Å²) < 4.78 is 5.42. The lowest BCUT2D eigenvalue weighted by atomic mass is 10.1. The zero-order chi connectivity index (χ0) is 12.8. The van der Waals surface area contributed by atoms with E-state index in [1.54, 1.807) is 12.1 Å². The second-order valence-electron chi connectivity index (χ2n) is 3.74. The second-order valence-corrected chi connectivity index (χ2v) is 3.74. The van der Waals surface area contributed by atoms with Gasteiger partial charge in [0.2, 0.25) is 0 Å². The van der Waals surface area contributed by atoms with Gasteiger partial charge >= 0.3 is 6.01 Å². The van der Waals surface area contributed by atoms with Crippen molar-refractivity contribution in [2.24, 2.45) is 0 Å². The van der Waals surface area contributed by atoms with E-state index in [4.69, 9.17) is 4.74 Å². The van der Waals surface area contributed by atoms with Crippen LogP contribution in [0.5, 0.6) is 11.8 Å². The normalized spacial score (nSPS) is 10.1. The van der Waals surface area contributed by atoms with Crippen LogP contribution < -0.4 is 4.74 Å². The van der Waals surface area contributed by atoms with Gasteiger partial charge in [-0.15, -0.1) is 0 Å². The van der Waals surface area contributed by atoms with Gasteiger partial charge < -0.3 is 4.74 Å². The molecule has 0 spiro atoms. The van der Waals surface area contributed by atoms with Gasteiger partial charge in [-0.25, -0.2) is 4.98 Å². The highest BCUT2D eigenvalue weighted by molar-refractivity contribution is 5.80. The summed E-state index contributed by atoms with van der Waals surface area (Å²) in [5.74, 6) is 0.857. The molecule has 0 amide bonds. The molecular formula is C13H13N3O2. The molecule has 0 radical (unpaired) electrons. The smallest absolute Gasteiger partial charge is 0.324 e. The lowest BCUT2D eigenvalue weighted by molar-refractivity contribution is -0.118. The Balaban J connectivity index is 2.02. The first-order valence-corrected chi connectivity index (χ1v) is 5.68. The van der Waals surface area contributed by atoms with E-state index in [1.807, 2.05) is 19.1 Å². The molecule has 5 nitrogen and oxygen atoms in total. The third-order valence-corrected chi connectivity index (χ3v) is 2.40. The number of carbonyl (C=O) groups excluding carboxylic acids is 1. The summed E-state index contributed by atoms with van der Waals surface area (Å²) in [5, 5.41) is 0. The van der Waals surface area contributed by atoms with Crippen LogP contribution in [0.25, 0.3) is 0 Å². The van der Waals surface area contributed by atoms with Crippen LogP contribution in [0.2, 0.25) is 0 Å². The highest BCUT2D eigenvalue weighted by Gasteiger charge is 2.02. The van der Waals surface area contributed by atoms with Gasteiger partial charge in [0.05, 0.1) is 0 Å². The molecule has 2 aromatic rings. The molecule has 0 atom stereocenters. The largest absolute Gasteiger partial charge is 0.424 e. The number of ketones is 1. The average molecular weight is 243 g/mol. The molecule has 18 heavy (non-hydrogen) atoms. The fourth-order valence-electron chi connectivity index (χ4n) is 1.41. The first-order chi connectivity index (χ1) is 8.78. The third-order valence-electron chi connectivity index (χ3n) is 2.40. The molecule has 1 heterocycles. The van der Waals surface area contributed by atoms with Crippen molar-refractivity contribution in [1.82, 2.24) is 15.0 Å². The average Bonchev–Trinajstić information content (AvgIpc) is 2.42. The number of carbonyl (C=O) groups is 1. The van der Waals surface area contributed by atoms with Crippen molar-refractivity contribution >= 4 is 5.78 Å². The fraction of sp³-hybridized carbons (Fsp3) is 0.231. The number of hydrogen-bond acceptors (Lipinski definition) is 5. The van der Waals surface area contributed by atoms with Crippen LogP contribution >= 0.6 is 0 Å². The Hall–Kier alpha value is -2.30. The predicted octanol–water partition coefficient (Wildman–Crippen LogP) is 2.19. The SMILES string of the molecule is CCC(=O)Cc1ccc(Oc2ncncn2)cc1. The Labute approximate surface area is 105 Å². The van der Waals surface area contributed by atoms with Crippen molar-refractivity contribution in [3.63, 3.8) is 0 Å². The van der Waals surface area contributed by atoms with Gasteiger partial charge in [-0.05, 0) is 17.7 Å². The Kier molecular flexibility index (Phi) is 3.96. The maximum atomic E-state index is 11.3. The lowest BCUT2D eigenvalue weighted by Crippen LogP contribution is -2.00. The van der Waals surface area contributed by atoms with E-state index in [0.29, 0.717) is 18.6 Å². The van der Waals surface area contributed by atoms with E-state index in [9.17, 15) is 4.79 Å². The molecule has 0 aliphatic rings. The topological polar surface area (TPSA) is 65.0 Å². The van der Waals surface area contributed by atoms with E-state index in [-0.39, 0.29) is 11.8 Å². The minimum atomic E-state index is 0.223. The summed E-state index contributed by atoms with van der Waals surface area (Å²) >= 11 is 0. The summed E-state index contributed by atoms with van der Waals surface area (Å²) in [6.45, 7) is 1.86. The molecule has 92 valence electrons. The van der Waals surface area contributed by atoms with Gasteiger partial charge in [-0.1, -0.05) is 19.1 Å². The van der Waals surface area contributed by atoms with Crippen LogP contribution in [-0.2, 0) is 11.2 Å². The van der Waals surface area contributed by atoms with E-state index in [2.05, 4.69) is 15.0 Å². The number of benzene rings is 1. The number of hydrogen-bond donors (Lipinski definition) is 0. The zero-order valence-electron chi connectivity index (χ0n) is 10.0. The first-order valence-electron chi connectivity index (χ1n) is 5.68. The minimum Gasteiger partial charge on any atom is -0.424 e. The Morgan fingerprint density at radius 2 is 1.83 bits per heavy atom. The summed E-state index contributed by atoms with van der Waals surface area (Å²) in [6.07, 6.45) is 3.76. The molecule has 0 aliphatic carbocycles. The summed E-state index contributed by atoms with van der Waals surface area (Å²) in [5.41, 5.74) is 0.977. The van der Waals surface area contributed by atoms with Gasteiger partial charge in [0.15, 0.2) is 0 Å². The molecule has 0 fully saturated rings. The van der Waals surface area contributed by atoms with Crippen LogP contribution in [0.4, 0.5) is 0 Å². The minimum absolute atomic E-state index is 0.223. The second kappa shape index (κ2) is 5.86. The van der Waals surface area contributed by atoms with Crippen molar-refractivity contribution < 1.29 is 9.53 Å². The van der Waals surface area contributed by atoms with E-state index >= 15 is 0 Å². The van der Waals surface area contributed by atoms with Crippen LogP contribution in [0, 0.1) is 0 Å². The molecule has 0 saturated carbocycles. The van der Waals surface area contributed by atoms with Crippen LogP contribution in [-0.4, -0.2) is 20.7 Å². The molecule has 1 aromatic carbocycles. The highest BCUT2D eigenvalue weighted by Crippen LogP contribution is 2.17. The number of aromatic nitrogens is 3. The zero-order valence-corrected chi connectivity index (χ0v) is 10.0. The van der Waals surface area contributed by atoms with Crippen molar-refractivity contribution in [1.29, 1.82) is 0 Å². The standard InChI is InChI=1S/C13H13N3O2/c1-2-11(17)7-10-3-5-12(6-4-10)18-13-15-8-14-9-16-13/h3-6,8-9H,2,7H2,1H3. The predicted molar refractivity (Wildman–Crippen MR) is 65.3 cm³/mol. The van der Waals surface area contributed by atoms with Crippen LogP contribution in [0.15, 0.2) is 36.9 Å². The maximum absolute atomic E-state index is 11.3. The first kappa shape index (κ1) is 12.2. The van der Waals surface area contributed by atoms with Crippen molar-refractivity contribution in [3.05, 3.63) is 42.5 Å². The number of Topliss-reactive ketones (excluding diaryl/α,β-unsaturated/α-hetero) is 1. The number of nitrogens with zero attached hydrogens (tertiary/aromatic N) is 3. The van der Waals surface area contributed by atoms with Gasteiger partial charge in [-0.3, -0.25) is 4.79 Å². The van der Waals surface area contributed by atoms with Crippen LogP contribution in [0.3, 0.4) is 0 Å². The van der Waals surface area contributed by atoms with E-state index in [0.717, 1.165) is 5.56 Å². The van der Waals surface area contributed by atoms with Gasteiger partial charge in [0, 0.05) is 12.8 Å². The third kappa shape index (κ3) is 3.35. The van der Waals surface area contributed by atoms with E-state index in [1.165, 1.54) is 12.7 Å². The molecule has 0 unspecified atom stereocenters. The van der Waals surface area contributed by atoms with E-state index < -0.39 is 0 Å². The molecule has 0 bridgehead atoms. The fourth-order valence-corrected chi connectivity index (χ4v) is 1.41. The molecule has 0 saturated heterocycles. The van der Waals surface area contributed by atoms with Crippen LogP contribution in [0.1, 0.15) is 18.9 Å². The molecule has 5 heteroatoms. The van der Waals surface area contributed by atoms with Gasteiger partial charge in [0.25, 0.3) is 0 Å². The molecule has 0 aliphatic heterocycles. The molecular weight excluding hydrogens is 230 g/mol. The van der Waals surface area contributed by atoms with Crippen molar-refractivity contribution in [3.8, 4) is 11.8 Å².